The molecule has 1 N–H and O–H groups in total. The lowest BCUT2D eigenvalue weighted by molar-refractivity contribution is 0.448. The fraction of sp³-hybridized carbons (Fsp3) is 1.00. The summed E-state index contributed by atoms with van der Waals surface area (Å²) in [5.41, 5.74) is 0. The van der Waals surface area contributed by atoms with E-state index in [-0.39, 0.29) is 6.04 Å². The largest absolute Gasteiger partial charge is 0.310 e. The molecule has 1 heterocycles. The van der Waals surface area contributed by atoms with Gasteiger partial charge in [0.05, 0.1) is 11.5 Å². The van der Waals surface area contributed by atoms with Crippen LogP contribution in [0, 0.1) is 0 Å². The molecule has 1 aliphatic rings. The van der Waals surface area contributed by atoms with Gasteiger partial charge in [-0.15, -0.1) is 0 Å². The van der Waals surface area contributed by atoms with Crippen LogP contribution in [0.1, 0.15) is 19.8 Å². The van der Waals surface area contributed by atoms with Gasteiger partial charge in [-0.2, -0.15) is 11.8 Å². The van der Waals surface area contributed by atoms with Gasteiger partial charge in [-0.25, -0.2) is 8.42 Å². The molecule has 1 aliphatic heterocycles. The molecule has 3 nitrogen and oxygen atoms in total. The highest BCUT2D eigenvalue weighted by Gasteiger charge is 2.25. The predicted molar refractivity (Wildman–Crippen MR) is 62.7 cm³/mol. The number of hydrogen-bond acceptors (Lipinski definition) is 4. The number of nitrogens with one attached hydrogen (secondary N) is 1. The zero-order chi connectivity index (χ0) is 10.6. The molecule has 14 heavy (non-hydrogen) atoms. The van der Waals surface area contributed by atoms with Crippen molar-refractivity contribution in [2.45, 2.75) is 31.8 Å². The number of rotatable bonds is 4. The van der Waals surface area contributed by atoms with Crippen molar-refractivity contribution in [2.75, 3.05) is 23.5 Å². The van der Waals surface area contributed by atoms with E-state index in [1.165, 1.54) is 0 Å². The highest BCUT2D eigenvalue weighted by Crippen LogP contribution is 2.13. The Kier molecular flexibility index (Phi) is 4.73. The molecule has 0 amide bonds. The van der Waals surface area contributed by atoms with Crippen LogP contribution in [0.5, 0.6) is 0 Å². The Morgan fingerprint density at radius 2 is 2.29 bits per heavy atom. The van der Waals surface area contributed by atoms with Crippen molar-refractivity contribution < 1.29 is 8.42 Å². The van der Waals surface area contributed by atoms with Crippen LogP contribution >= 0.6 is 11.8 Å². The first-order chi connectivity index (χ1) is 6.53. The molecule has 2 atom stereocenters. The minimum absolute atomic E-state index is 0.177. The van der Waals surface area contributed by atoms with Gasteiger partial charge in [-0.05, 0) is 26.0 Å². The van der Waals surface area contributed by atoms with E-state index < -0.39 is 9.84 Å². The average molecular weight is 237 g/mol. The summed E-state index contributed by atoms with van der Waals surface area (Å²) in [7, 11) is -2.76. The second-order valence-corrected chi connectivity index (χ2v) is 7.12. The van der Waals surface area contributed by atoms with Gasteiger partial charge in [-0.1, -0.05) is 0 Å². The van der Waals surface area contributed by atoms with E-state index in [0.29, 0.717) is 17.5 Å². The molecule has 0 aromatic carbocycles. The van der Waals surface area contributed by atoms with Gasteiger partial charge < -0.3 is 5.32 Å². The van der Waals surface area contributed by atoms with Crippen molar-refractivity contribution in [3.8, 4) is 0 Å². The van der Waals surface area contributed by atoms with Gasteiger partial charge in [0.1, 0.15) is 0 Å². The Hall–Kier alpha value is 0.260. The van der Waals surface area contributed by atoms with Gasteiger partial charge in [-0.3, -0.25) is 0 Å². The summed E-state index contributed by atoms with van der Waals surface area (Å²) in [6.45, 7) is 2.11. The van der Waals surface area contributed by atoms with Gasteiger partial charge in [0.2, 0.25) is 0 Å². The predicted octanol–water partition coefficient (Wildman–Crippen LogP) is 0.905. The number of sulfone groups is 1. The van der Waals surface area contributed by atoms with Crippen LogP contribution in [0.4, 0.5) is 0 Å². The Balaban J connectivity index is 2.38. The molecule has 0 radical (unpaired) electrons. The fourth-order valence-corrected chi connectivity index (χ4v) is 4.10. The quantitative estimate of drug-likeness (QED) is 0.789. The molecule has 1 fully saturated rings. The summed E-state index contributed by atoms with van der Waals surface area (Å²) in [6.07, 6.45) is 3.87. The van der Waals surface area contributed by atoms with Crippen molar-refractivity contribution >= 4 is 21.6 Å². The molecule has 0 saturated carbocycles. The summed E-state index contributed by atoms with van der Waals surface area (Å²) in [5, 5.41) is 3.38. The average Bonchev–Trinajstić information content (AvgIpc) is 2.02. The molecule has 0 aliphatic carbocycles. The lowest BCUT2D eigenvalue weighted by Crippen LogP contribution is -2.45. The maximum Gasteiger partial charge on any atom is 0.151 e. The van der Waals surface area contributed by atoms with Crippen molar-refractivity contribution in [3.63, 3.8) is 0 Å². The van der Waals surface area contributed by atoms with E-state index >= 15 is 0 Å². The minimum atomic E-state index is -2.76. The van der Waals surface area contributed by atoms with Crippen molar-refractivity contribution in [1.82, 2.24) is 5.32 Å². The van der Waals surface area contributed by atoms with Gasteiger partial charge in [0, 0.05) is 17.8 Å². The van der Waals surface area contributed by atoms with E-state index in [0.717, 1.165) is 18.6 Å². The van der Waals surface area contributed by atoms with E-state index in [4.69, 9.17) is 0 Å². The summed E-state index contributed by atoms with van der Waals surface area (Å²) in [6, 6.07) is 0.583. The molecule has 0 aromatic heterocycles. The summed E-state index contributed by atoms with van der Waals surface area (Å²) >= 11 is 1.79. The van der Waals surface area contributed by atoms with Gasteiger partial charge >= 0.3 is 0 Å². The molecule has 2 unspecified atom stereocenters. The minimum Gasteiger partial charge on any atom is -0.310 e. The maximum absolute atomic E-state index is 11.4. The van der Waals surface area contributed by atoms with Crippen LogP contribution in [0.2, 0.25) is 0 Å². The standard InChI is InChI=1S/C9H19NO2S2/c1-8(6-13-2)10-9-4-3-5-14(11,12)7-9/h8-10H,3-7H2,1-2H3. The second kappa shape index (κ2) is 5.37. The smallest absolute Gasteiger partial charge is 0.151 e. The third kappa shape index (κ3) is 4.19. The zero-order valence-electron chi connectivity index (χ0n) is 8.82. The van der Waals surface area contributed by atoms with E-state index in [2.05, 4.69) is 18.5 Å². The SMILES string of the molecule is CSCC(C)NC1CCCS(=O)(=O)C1. The third-order valence-electron chi connectivity index (χ3n) is 2.40. The molecule has 0 spiro atoms. The number of hydrogen-bond donors (Lipinski definition) is 1. The van der Waals surface area contributed by atoms with Crippen molar-refractivity contribution in [1.29, 1.82) is 0 Å². The molecule has 0 aromatic rings. The van der Waals surface area contributed by atoms with Crippen LogP contribution in [-0.2, 0) is 9.84 Å². The molecule has 0 bridgehead atoms. The summed E-state index contributed by atoms with van der Waals surface area (Å²) in [4.78, 5) is 0. The van der Waals surface area contributed by atoms with Crippen LogP contribution < -0.4 is 5.32 Å². The van der Waals surface area contributed by atoms with Crippen molar-refractivity contribution in [3.05, 3.63) is 0 Å². The Bertz CT molecular complexity index is 264. The molecule has 84 valence electrons. The molecule has 1 rings (SSSR count). The lowest BCUT2D eigenvalue weighted by Gasteiger charge is -2.26. The molecule has 1 saturated heterocycles. The maximum atomic E-state index is 11.4. The van der Waals surface area contributed by atoms with Crippen LogP contribution in [0.25, 0.3) is 0 Å². The van der Waals surface area contributed by atoms with Gasteiger partial charge in [0.15, 0.2) is 9.84 Å². The van der Waals surface area contributed by atoms with E-state index in [9.17, 15) is 8.42 Å². The van der Waals surface area contributed by atoms with Gasteiger partial charge in [0.25, 0.3) is 0 Å². The van der Waals surface area contributed by atoms with Crippen LogP contribution in [0.15, 0.2) is 0 Å². The first kappa shape index (κ1) is 12.3. The monoisotopic (exact) mass is 237 g/mol. The highest BCUT2D eigenvalue weighted by atomic mass is 32.2. The Morgan fingerprint density at radius 1 is 1.57 bits per heavy atom. The lowest BCUT2D eigenvalue weighted by atomic mass is 10.1. The van der Waals surface area contributed by atoms with Crippen molar-refractivity contribution in [2.24, 2.45) is 0 Å². The van der Waals surface area contributed by atoms with E-state index in [1.807, 2.05) is 0 Å². The summed E-state index contributed by atoms with van der Waals surface area (Å²) < 4.78 is 22.7. The first-order valence-corrected chi connectivity index (χ1v) is 8.20. The molecular weight excluding hydrogens is 218 g/mol. The summed E-state index contributed by atoms with van der Waals surface area (Å²) in [5.74, 6) is 1.74. The van der Waals surface area contributed by atoms with E-state index in [1.54, 1.807) is 11.8 Å². The second-order valence-electron chi connectivity index (χ2n) is 3.98. The topological polar surface area (TPSA) is 46.2 Å². The Morgan fingerprint density at radius 3 is 2.86 bits per heavy atom. The van der Waals surface area contributed by atoms with Crippen LogP contribution in [-0.4, -0.2) is 44.0 Å². The fourth-order valence-electron chi connectivity index (χ4n) is 1.85. The third-order valence-corrected chi connectivity index (χ3v) is 5.05. The molecule has 5 heteroatoms. The highest BCUT2D eigenvalue weighted by molar-refractivity contribution is 7.98. The Labute approximate surface area is 91.0 Å². The normalized spacial score (nSPS) is 28.6. The first-order valence-electron chi connectivity index (χ1n) is 4.99. The number of thioether (sulfide) groups is 1. The van der Waals surface area contributed by atoms with Crippen LogP contribution in [0.3, 0.4) is 0 Å². The molecular formula is C9H19NO2S2. The zero-order valence-corrected chi connectivity index (χ0v) is 10.5.